The van der Waals surface area contributed by atoms with Crippen LogP contribution in [0.1, 0.15) is 63.0 Å². The Bertz CT molecular complexity index is 1130. The summed E-state index contributed by atoms with van der Waals surface area (Å²) in [6.45, 7) is 4.25. The highest BCUT2D eigenvalue weighted by Crippen LogP contribution is 2.30. The number of benzene rings is 1. The molecule has 2 amide bonds. The van der Waals surface area contributed by atoms with Gasteiger partial charge in [-0.25, -0.2) is 0 Å². The van der Waals surface area contributed by atoms with Gasteiger partial charge in [0, 0.05) is 45.9 Å². The van der Waals surface area contributed by atoms with Gasteiger partial charge in [-0.15, -0.1) is 0 Å². The Hall–Kier alpha value is -2.22. The molecule has 1 aromatic rings. The molecule has 3 saturated heterocycles. The summed E-state index contributed by atoms with van der Waals surface area (Å²) in [4.78, 5) is 27.9. The Kier molecular flexibility index (Phi) is 10.1. The zero-order chi connectivity index (χ0) is 28.9. The van der Waals surface area contributed by atoms with Crippen molar-refractivity contribution in [2.75, 3.05) is 39.3 Å². The number of alkyl halides is 3. The molecule has 3 fully saturated rings. The van der Waals surface area contributed by atoms with E-state index in [4.69, 9.17) is 4.74 Å². The third-order valence-electron chi connectivity index (χ3n) is 7.89. The van der Waals surface area contributed by atoms with Crippen molar-refractivity contribution in [2.24, 2.45) is 5.92 Å². The standard InChI is InChI=1S/C27H39F3N4O5S/c1-2-3-4-15-39-23-18-33(19-23)40(37,38)32-13-5-7-21(17-32)26(36)34-14-6-8-24(34)25(35)31-16-20-9-11-22(12-10-20)27(28,29)30/h9-12,21,23-24H,2-8,13-19H2,1H3,(H,31,35)/t21-,24+/m0/s1. The van der Waals surface area contributed by atoms with E-state index in [0.29, 0.717) is 64.0 Å². The molecule has 40 heavy (non-hydrogen) atoms. The molecule has 3 aliphatic rings. The van der Waals surface area contributed by atoms with Crippen molar-refractivity contribution in [1.29, 1.82) is 0 Å². The number of piperidine rings is 1. The maximum absolute atomic E-state index is 13.5. The molecule has 2 atom stereocenters. The number of nitrogens with zero attached hydrogens (tertiary/aromatic N) is 3. The highest BCUT2D eigenvalue weighted by atomic mass is 32.2. The van der Waals surface area contributed by atoms with Crippen molar-refractivity contribution >= 4 is 22.0 Å². The maximum atomic E-state index is 13.5. The van der Waals surface area contributed by atoms with Crippen LogP contribution in [0.3, 0.4) is 0 Å². The van der Waals surface area contributed by atoms with Crippen LogP contribution in [0.15, 0.2) is 24.3 Å². The molecule has 1 N–H and O–H groups in total. The molecule has 13 heteroatoms. The lowest BCUT2D eigenvalue weighted by Gasteiger charge is -2.42. The van der Waals surface area contributed by atoms with Gasteiger partial charge in [-0.1, -0.05) is 31.9 Å². The molecule has 3 heterocycles. The van der Waals surface area contributed by atoms with Crippen LogP contribution in [0.5, 0.6) is 0 Å². The summed E-state index contributed by atoms with van der Waals surface area (Å²) in [7, 11) is -3.70. The van der Waals surface area contributed by atoms with Gasteiger partial charge < -0.3 is 15.0 Å². The molecule has 0 aliphatic carbocycles. The SMILES string of the molecule is CCCCCOC1CN(S(=O)(=O)N2CCC[C@H](C(=O)N3CCC[C@@H]3C(=O)NCc3ccc(C(F)(F)F)cc3)C2)C1. The van der Waals surface area contributed by atoms with Crippen LogP contribution < -0.4 is 5.32 Å². The van der Waals surface area contributed by atoms with E-state index in [1.165, 1.54) is 25.6 Å². The van der Waals surface area contributed by atoms with Gasteiger partial charge in [0.05, 0.1) is 17.6 Å². The second-order valence-corrected chi connectivity index (χ2v) is 12.8. The van der Waals surface area contributed by atoms with Gasteiger partial charge in [-0.3, -0.25) is 9.59 Å². The van der Waals surface area contributed by atoms with Gasteiger partial charge in [-0.05, 0) is 49.8 Å². The van der Waals surface area contributed by atoms with Crippen molar-refractivity contribution in [1.82, 2.24) is 18.8 Å². The molecule has 224 valence electrons. The van der Waals surface area contributed by atoms with Crippen LogP contribution in [0.4, 0.5) is 13.2 Å². The summed E-state index contributed by atoms with van der Waals surface area (Å²) in [6, 6.07) is 3.88. The lowest BCUT2D eigenvalue weighted by molar-refractivity contribution is -0.142. The Morgan fingerprint density at radius 2 is 1.70 bits per heavy atom. The number of hydrogen-bond acceptors (Lipinski definition) is 5. The summed E-state index contributed by atoms with van der Waals surface area (Å²) in [5.41, 5.74) is -0.242. The van der Waals surface area contributed by atoms with Crippen LogP contribution in [0, 0.1) is 5.92 Å². The Labute approximate surface area is 234 Å². The van der Waals surface area contributed by atoms with E-state index in [2.05, 4.69) is 12.2 Å². The van der Waals surface area contributed by atoms with E-state index in [-0.39, 0.29) is 31.0 Å². The van der Waals surface area contributed by atoms with Gasteiger partial charge in [0.25, 0.3) is 10.2 Å². The summed E-state index contributed by atoms with van der Waals surface area (Å²) in [5.74, 6) is -1.13. The minimum absolute atomic E-state index is 0.0457. The number of carbonyl (C=O) groups excluding carboxylic acids is 2. The molecular formula is C27H39F3N4O5S. The fourth-order valence-corrected chi connectivity index (χ4v) is 7.23. The average Bonchev–Trinajstić information content (AvgIpc) is 3.40. The molecule has 0 bridgehead atoms. The quantitative estimate of drug-likeness (QED) is 0.401. The lowest BCUT2D eigenvalue weighted by Crippen LogP contribution is -2.60. The fourth-order valence-electron chi connectivity index (χ4n) is 5.47. The first-order valence-electron chi connectivity index (χ1n) is 14.1. The number of hydrogen-bond donors (Lipinski definition) is 1. The number of likely N-dealkylation sites (tertiary alicyclic amines) is 1. The summed E-state index contributed by atoms with van der Waals surface area (Å²) in [5, 5.41) is 2.74. The molecule has 1 aromatic carbocycles. The largest absolute Gasteiger partial charge is 0.416 e. The Balaban J connectivity index is 1.28. The minimum atomic E-state index is -4.43. The molecule has 0 radical (unpaired) electrons. The monoisotopic (exact) mass is 588 g/mol. The average molecular weight is 589 g/mol. The van der Waals surface area contributed by atoms with Crippen LogP contribution in [0.2, 0.25) is 0 Å². The van der Waals surface area contributed by atoms with Gasteiger partial charge in [0.1, 0.15) is 6.04 Å². The van der Waals surface area contributed by atoms with E-state index in [1.807, 2.05) is 0 Å². The van der Waals surface area contributed by atoms with Crippen LogP contribution >= 0.6 is 0 Å². The first kappa shape index (κ1) is 30.7. The van der Waals surface area contributed by atoms with Gasteiger partial charge in [-0.2, -0.15) is 30.2 Å². The number of nitrogens with one attached hydrogen (secondary N) is 1. The summed E-state index contributed by atoms with van der Waals surface area (Å²) < 4.78 is 73.3. The molecule has 3 aliphatic heterocycles. The van der Waals surface area contributed by atoms with Crippen LogP contribution in [0.25, 0.3) is 0 Å². The van der Waals surface area contributed by atoms with Crippen LogP contribution in [-0.2, 0) is 37.3 Å². The maximum Gasteiger partial charge on any atom is 0.416 e. The van der Waals surface area contributed by atoms with E-state index in [9.17, 15) is 31.2 Å². The zero-order valence-corrected chi connectivity index (χ0v) is 23.7. The number of rotatable bonds is 11. The Morgan fingerprint density at radius 3 is 2.38 bits per heavy atom. The van der Waals surface area contributed by atoms with Crippen LogP contribution in [-0.4, -0.2) is 85.2 Å². The van der Waals surface area contributed by atoms with Gasteiger partial charge in [0.15, 0.2) is 0 Å². The number of unbranched alkanes of at least 4 members (excludes halogenated alkanes) is 2. The van der Waals surface area contributed by atoms with Gasteiger partial charge in [0.2, 0.25) is 11.8 Å². The van der Waals surface area contributed by atoms with E-state index >= 15 is 0 Å². The number of halogens is 3. The smallest absolute Gasteiger partial charge is 0.375 e. The highest BCUT2D eigenvalue weighted by molar-refractivity contribution is 7.86. The molecular weight excluding hydrogens is 549 g/mol. The predicted octanol–water partition coefficient (Wildman–Crippen LogP) is 3.16. The second-order valence-electron chi connectivity index (χ2n) is 10.8. The predicted molar refractivity (Wildman–Crippen MR) is 142 cm³/mol. The fraction of sp³-hybridized carbons (Fsp3) is 0.704. The van der Waals surface area contributed by atoms with Crippen molar-refractivity contribution in [2.45, 2.75) is 76.7 Å². The zero-order valence-electron chi connectivity index (χ0n) is 22.9. The first-order chi connectivity index (χ1) is 19.0. The number of ether oxygens (including phenoxy) is 1. The number of carbonyl (C=O) groups is 2. The van der Waals surface area contributed by atoms with Crippen molar-refractivity contribution in [3.05, 3.63) is 35.4 Å². The van der Waals surface area contributed by atoms with E-state index < -0.39 is 33.9 Å². The van der Waals surface area contributed by atoms with Crippen molar-refractivity contribution in [3.8, 4) is 0 Å². The lowest BCUT2D eigenvalue weighted by atomic mass is 9.97. The normalized spacial score (nSPS) is 23.2. The van der Waals surface area contributed by atoms with Crippen molar-refractivity contribution in [3.63, 3.8) is 0 Å². The molecule has 9 nitrogen and oxygen atoms in total. The summed E-state index contributed by atoms with van der Waals surface area (Å²) in [6.07, 6.45) is 0.828. The molecule has 4 rings (SSSR count). The topological polar surface area (TPSA) is 99.3 Å². The second kappa shape index (κ2) is 13.2. The van der Waals surface area contributed by atoms with E-state index in [1.54, 1.807) is 0 Å². The summed E-state index contributed by atoms with van der Waals surface area (Å²) >= 11 is 0. The molecule has 0 aromatic heterocycles. The Morgan fingerprint density at radius 1 is 1.00 bits per heavy atom. The third-order valence-corrected chi connectivity index (χ3v) is 9.82. The highest BCUT2D eigenvalue weighted by Gasteiger charge is 2.44. The van der Waals surface area contributed by atoms with Crippen molar-refractivity contribution < 1.29 is 35.9 Å². The molecule has 0 spiro atoms. The molecule has 0 saturated carbocycles. The minimum Gasteiger partial charge on any atom is -0.375 e. The molecule has 0 unspecified atom stereocenters. The number of amides is 2. The third kappa shape index (κ3) is 7.34. The van der Waals surface area contributed by atoms with Gasteiger partial charge >= 0.3 is 6.18 Å². The van der Waals surface area contributed by atoms with E-state index in [0.717, 1.165) is 31.4 Å². The first-order valence-corrected chi connectivity index (χ1v) is 15.5.